The van der Waals surface area contributed by atoms with E-state index < -0.39 is 5.91 Å². The molecular formula is C19H22Cl2N4O2S. The number of hydrogen-bond acceptors (Lipinski definition) is 5. The summed E-state index contributed by atoms with van der Waals surface area (Å²) in [5.41, 5.74) is 1.30. The number of anilines is 1. The Morgan fingerprint density at radius 3 is 2.89 bits per heavy atom. The first-order chi connectivity index (χ1) is 13.4. The first kappa shape index (κ1) is 21.0. The molecule has 9 heteroatoms. The number of likely N-dealkylation sites (tertiary alicyclic amines) is 1. The van der Waals surface area contributed by atoms with Crippen LogP contribution in [-0.2, 0) is 11.3 Å². The quantitative estimate of drug-likeness (QED) is 0.710. The van der Waals surface area contributed by atoms with Crippen LogP contribution in [0, 0.1) is 5.92 Å². The number of rotatable bonds is 6. The second kappa shape index (κ2) is 9.69. The van der Waals surface area contributed by atoms with Crippen LogP contribution < -0.4 is 10.6 Å². The maximum atomic E-state index is 12.1. The summed E-state index contributed by atoms with van der Waals surface area (Å²) in [7, 11) is 0. The van der Waals surface area contributed by atoms with E-state index in [9.17, 15) is 9.59 Å². The van der Waals surface area contributed by atoms with Crippen LogP contribution in [0.4, 0.5) is 5.13 Å². The Morgan fingerprint density at radius 1 is 1.32 bits per heavy atom. The van der Waals surface area contributed by atoms with Crippen LogP contribution in [0.1, 0.15) is 35.8 Å². The van der Waals surface area contributed by atoms with Gasteiger partial charge in [-0.2, -0.15) is 0 Å². The highest BCUT2D eigenvalue weighted by molar-refractivity contribution is 7.13. The molecule has 0 bridgehead atoms. The molecular weight excluding hydrogens is 419 g/mol. The highest BCUT2D eigenvalue weighted by Gasteiger charge is 2.18. The molecule has 0 aliphatic carbocycles. The van der Waals surface area contributed by atoms with E-state index in [0.717, 1.165) is 25.3 Å². The minimum absolute atomic E-state index is 0.155. The van der Waals surface area contributed by atoms with Crippen LogP contribution >= 0.6 is 34.5 Å². The Balaban J connectivity index is 1.46. The van der Waals surface area contributed by atoms with E-state index in [0.29, 0.717) is 21.6 Å². The van der Waals surface area contributed by atoms with Crippen LogP contribution in [0.5, 0.6) is 0 Å². The number of amides is 2. The van der Waals surface area contributed by atoms with E-state index in [2.05, 4.69) is 27.4 Å². The van der Waals surface area contributed by atoms with Gasteiger partial charge in [-0.25, -0.2) is 4.98 Å². The average Bonchev–Trinajstić information content (AvgIpc) is 3.08. The van der Waals surface area contributed by atoms with E-state index >= 15 is 0 Å². The summed E-state index contributed by atoms with van der Waals surface area (Å²) < 4.78 is 0. The van der Waals surface area contributed by atoms with Gasteiger partial charge in [-0.15, -0.1) is 11.3 Å². The van der Waals surface area contributed by atoms with E-state index in [4.69, 9.17) is 23.2 Å². The van der Waals surface area contributed by atoms with Crippen molar-refractivity contribution in [1.29, 1.82) is 0 Å². The van der Waals surface area contributed by atoms with Gasteiger partial charge in [0.1, 0.15) is 0 Å². The third-order valence-electron chi connectivity index (χ3n) is 4.52. The van der Waals surface area contributed by atoms with Crippen LogP contribution in [-0.4, -0.2) is 41.3 Å². The summed E-state index contributed by atoms with van der Waals surface area (Å²) in [6.45, 7) is 5.08. The Kier molecular flexibility index (Phi) is 7.29. The van der Waals surface area contributed by atoms with E-state index in [1.54, 1.807) is 12.1 Å². The van der Waals surface area contributed by atoms with Crippen molar-refractivity contribution >= 4 is 51.5 Å². The summed E-state index contributed by atoms with van der Waals surface area (Å²) >= 11 is 13.1. The molecule has 3 rings (SSSR count). The predicted octanol–water partition coefficient (Wildman–Crippen LogP) is 4.05. The smallest absolute Gasteiger partial charge is 0.251 e. The lowest BCUT2D eigenvalue weighted by molar-refractivity contribution is -0.115. The fraction of sp³-hybridized carbons (Fsp3) is 0.421. The Hall–Kier alpha value is -1.67. The lowest BCUT2D eigenvalue weighted by atomic mass is 10.0. The average molecular weight is 441 g/mol. The first-order valence-corrected chi connectivity index (χ1v) is 10.7. The first-order valence-electron chi connectivity index (χ1n) is 9.10. The second-order valence-corrected chi connectivity index (χ2v) is 8.66. The number of halogens is 2. The number of aromatic nitrogens is 1. The molecule has 1 aliphatic rings. The number of nitrogens with one attached hydrogen (secondary N) is 2. The van der Waals surface area contributed by atoms with Crippen LogP contribution in [0.15, 0.2) is 23.6 Å². The van der Waals surface area contributed by atoms with Crippen molar-refractivity contribution in [2.75, 3.05) is 25.0 Å². The molecule has 2 N–H and O–H groups in total. The number of hydrogen-bond donors (Lipinski definition) is 2. The minimum Gasteiger partial charge on any atom is -0.343 e. The third-order valence-corrected chi connectivity index (χ3v) is 6.06. The molecule has 150 valence electrons. The number of benzene rings is 1. The minimum atomic E-state index is -0.396. The maximum absolute atomic E-state index is 12.1. The van der Waals surface area contributed by atoms with Gasteiger partial charge in [-0.05, 0) is 43.5 Å². The summed E-state index contributed by atoms with van der Waals surface area (Å²) in [6, 6.07) is 4.56. The zero-order chi connectivity index (χ0) is 20.1. The molecule has 0 radical (unpaired) electrons. The number of piperidine rings is 1. The summed E-state index contributed by atoms with van der Waals surface area (Å²) in [5.74, 6) is -0.0145. The van der Waals surface area contributed by atoms with E-state index in [-0.39, 0.29) is 17.5 Å². The molecule has 28 heavy (non-hydrogen) atoms. The molecule has 1 aromatic heterocycles. The van der Waals surface area contributed by atoms with Gasteiger partial charge in [0.25, 0.3) is 5.91 Å². The molecule has 2 amide bonds. The second-order valence-electron chi connectivity index (χ2n) is 6.99. The molecule has 2 heterocycles. The van der Waals surface area contributed by atoms with Crippen molar-refractivity contribution < 1.29 is 9.59 Å². The summed E-state index contributed by atoms with van der Waals surface area (Å²) in [4.78, 5) is 31.1. The van der Waals surface area contributed by atoms with Gasteiger partial charge in [0, 0.05) is 24.0 Å². The molecule has 1 aliphatic heterocycles. The number of carbonyl (C=O) groups is 2. The normalized spacial score (nSPS) is 17.3. The summed E-state index contributed by atoms with van der Waals surface area (Å²) in [5, 5.41) is 8.44. The molecule has 1 saturated heterocycles. The third kappa shape index (κ3) is 5.91. The predicted molar refractivity (Wildman–Crippen MR) is 113 cm³/mol. The van der Waals surface area contributed by atoms with Crippen LogP contribution in [0.25, 0.3) is 0 Å². The zero-order valence-electron chi connectivity index (χ0n) is 15.5. The molecule has 0 spiro atoms. The highest BCUT2D eigenvalue weighted by Crippen LogP contribution is 2.23. The van der Waals surface area contributed by atoms with Gasteiger partial charge in [-0.3, -0.25) is 14.5 Å². The highest BCUT2D eigenvalue weighted by atomic mass is 35.5. The lowest BCUT2D eigenvalue weighted by Gasteiger charge is -2.30. The van der Waals surface area contributed by atoms with Crippen molar-refractivity contribution in [2.24, 2.45) is 5.92 Å². The summed E-state index contributed by atoms with van der Waals surface area (Å²) in [6.07, 6.45) is 2.50. The van der Waals surface area contributed by atoms with E-state index in [1.807, 2.05) is 5.38 Å². The Labute approximate surface area is 178 Å². The number of thiazole rings is 1. The van der Waals surface area contributed by atoms with Crippen molar-refractivity contribution in [1.82, 2.24) is 15.2 Å². The molecule has 1 fully saturated rings. The standard InChI is InChI=1S/C19H22Cl2N4O2S/c1-12-3-2-6-25(9-12)10-14-11-28-19(23-14)24-17(26)8-22-18(27)13-4-5-15(20)16(21)7-13/h4-5,7,11-12H,2-3,6,8-10H2,1H3,(H,22,27)(H,23,24,26). The zero-order valence-corrected chi connectivity index (χ0v) is 17.8. The Bertz CT molecular complexity index is 858. The number of carbonyl (C=O) groups excluding carboxylic acids is 2. The SMILES string of the molecule is CC1CCCN(Cc2csc(NC(=O)CNC(=O)c3ccc(Cl)c(Cl)c3)n2)C1. The van der Waals surface area contributed by atoms with Crippen LogP contribution in [0.3, 0.4) is 0 Å². The van der Waals surface area contributed by atoms with Gasteiger partial charge >= 0.3 is 0 Å². The van der Waals surface area contributed by atoms with Crippen molar-refractivity contribution in [2.45, 2.75) is 26.3 Å². The monoisotopic (exact) mass is 440 g/mol. The molecule has 1 aromatic carbocycles. The van der Waals surface area contributed by atoms with Gasteiger partial charge in [0.2, 0.25) is 5.91 Å². The largest absolute Gasteiger partial charge is 0.343 e. The fourth-order valence-corrected chi connectivity index (χ4v) is 4.18. The van der Waals surface area contributed by atoms with Gasteiger partial charge in [0.05, 0.1) is 22.3 Å². The van der Waals surface area contributed by atoms with Gasteiger partial charge < -0.3 is 10.6 Å². The van der Waals surface area contributed by atoms with Crippen molar-refractivity contribution in [3.8, 4) is 0 Å². The number of nitrogens with zero attached hydrogens (tertiary/aromatic N) is 2. The van der Waals surface area contributed by atoms with E-state index in [1.165, 1.54) is 30.2 Å². The van der Waals surface area contributed by atoms with Gasteiger partial charge in [-0.1, -0.05) is 30.1 Å². The molecule has 6 nitrogen and oxygen atoms in total. The lowest BCUT2D eigenvalue weighted by Crippen LogP contribution is -2.34. The molecule has 1 unspecified atom stereocenters. The topological polar surface area (TPSA) is 74.3 Å². The van der Waals surface area contributed by atoms with Crippen molar-refractivity contribution in [3.63, 3.8) is 0 Å². The molecule has 0 saturated carbocycles. The fourth-order valence-electron chi connectivity index (χ4n) is 3.16. The van der Waals surface area contributed by atoms with Crippen LogP contribution in [0.2, 0.25) is 10.0 Å². The Morgan fingerprint density at radius 2 is 2.14 bits per heavy atom. The van der Waals surface area contributed by atoms with Gasteiger partial charge in [0.15, 0.2) is 5.13 Å². The maximum Gasteiger partial charge on any atom is 0.251 e. The van der Waals surface area contributed by atoms with Crippen molar-refractivity contribution in [3.05, 3.63) is 44.9 Å². The molecule has 2 aromatic rings. The molecule has 1 atom stereocenters.